The average molecular weight is 350 g/mol. The first-order valence-corrected chi connectivity index (χ1v) is 8.49. The Labute approximate surface area is 135 Å². The highest BCUT2D eigenvalue weighted by molar-refractivity contribution is 7.46. The van der Waals surface area contributed by atoms with Crippen LogP contribution < -0.4 is 0 Å². The first-order valence-electron chi connectivity index (χ1n) is 6.96. The number of esters is 2. The highest BCUT2D eigenvalue weighted by Crippen LogP contribution is 2.44. The molecule has 0 aromatic rings. The van der Waals surface area contributed by atoms with Crippen LogP contribution in [-0.4, -0.2) is 27.7 Å². The number of rotatable bonds is 10. The van der Waals surface area contributed by atoms with E-state index in [2.05, 4.69) is 17.7 Å². The highest BCUT2D eigenvalue weighted by atomic mass is 31.2. The van der Waals surface area contributed by atoms with Gasteiger partial charge in [-0.25, -0.2) is 18.7 Å². The topological polar surface area (TPSA) is 119 Å². The molecule has 0 atom stereocenters. The summed E-state index contributed by atoms with van der Waals surface area (Å²) in [7, 11) is -5.12. The van der Waals surface area contributed by atoms with Crippen LogP contribution in [0.5, 0.6) is 0 Å². The van der Waals surface area contributed by atoms with Gasteiger partial charge >= 0.3 is 25.7 Å². The molecule has 0 bridgehead atoms. The molecule has 0 aromatic carbocycles. The molecule has 9 heteroatoms. The summed E-state index contributed by atoms with van der Waals surface area (Å²) in [6, 6.07) is 0. The Balaban J connectivity index is 5.61. The van der Waals surface area contributed by atoms with E-state index in [0.717, 1.165) is 6.42 Å². The third-order valence-corrected chi connectivity index (χ3v) is 3.05. The van der Waals surface area contributed by atoms with Crippen LogP contribution in [0.2, 0.25) is 0 Å². The molecular formula is C14H23O8P. The number of hydrogen-bond acceptors (Lipinski definition) is 6. The lowest BCUT2D eigenvalue weighted by Crippen LogP contribution is -2.42. The smallest absolute Gasteiger partial charge is 0.394 e. The second-order valence-corrected chi connectivity index (χ2v) is 6.23. The number of carbonyl (C=O) groups excluding carboxylic acids is 2. The minimum atomic E-state index is -5.12. The summed E-state index contributed by atoms with van der Waals surface area (Å²) >= 11 is 0. The van der Waals surface area contributed by atoms with Gasteiger partial charge in [-0.05, 0) is 20.3 Å². The molecule has 23 heavy (non-hydrogen) atoms. The highest BCUT2D eigenvalue weighted by Gasteiger charge is 2.46. The predicted octanol–water partition coefficient (Wildman–Crippen LogP) is 2.57. The number of phosphoric ester groups is 1. The minimum Gasteiger partial charge on any atom is -0.394 e. The quantitative estimate of drug-likeness (QED) is 0.203. The zero-order valence-electron chi connectivity index (χ0n) is 13.5. The Morgan fingerprint density at radius 1 is 1.04 bits per heavy atom. The molecule has 0 saturated carbocycles. The summed E-state index contributed by atoms with van der Waals surface area (Å²) in [5.41, 5.74) is -0.101. The Bertz CT molecular complexity index is 491. The van der Waals surface area contributed by atoms with Gasteiger partial charge in [-0.2, -0.15) is 0 Å². The average Bonchev–Trinajstić information content (AvgIpc) is 2.36. The Kier molecular flexibility index (Phi) is 8.41. The molecule has 0 heterocycles. The maximum atomic E-state index is 11.8. The van der Waals surface area contributed by atoms with Crippen LogP contribution >= 0.6 is 7.82 Å². The Morgan fingerprint density at radius 3 is 1.78 bits per heavy atom. The van der Waals surface area contributed by atoms with Crippen LogP contribution in [0.4, 0.5) is 0 Å². The third kappa shape index (κ3) is 8.66. The molecule has 8 nitrogen and oxygen atoms in total. The van der Waals surface area contributed by atoms with Crippen molar-refractivity contribution < 1.29 is 37.9 Å². The molecule has 0 aliphatic rings. The molecule has 0 radical (unpaired) electrons. The third-order valence-electron chi connectivity index (χ3n) is 2.54. The van der Waals surface area contributed by atoms with E-state index in [-0.39, 0.29) is 17.6 Å². The summed E-state index contributed by atoms with van der Waals surface area (Å²) in [6.45, 7) is 11.3. The summed E-state index contributed by atoms with van der Waals surface area (Å²) in [6.07, 6.45) is 1.50. The predicted molar refractivity (Wildman–Crippen MR) is 81.8 cm³/mol. The molecule has 2 N–H and O–H groups in total. The van der Waals surface area contributed by atoms with Gasteiger partial charge in [0.1, 0.15) is 0 Å². The first kappa shape index (κ1) is 21.5. The van der Waals surface area contributed by atoms with Gasteiger partial charge in [0.2, 0.25) is 0 Å². The van der Waals surface area contributed by atoms with E-state index < -0.39 is 25.7 Å². The maximum absolute atomic E-state index is 11.8. The van der Waals surface area contributed by atoms with Crippen LogP contribution in [0.15, 0.2) is 24.3 Å². The SMILES string of the molecule is C=C(C)C(=O)OC(CCCCC)(OC(=O)C(=C)C)OP(=O)(O)O. The fourth-order valence-corrected chi connectivity index (χ4v) is 1.96. The maximum Gasteiger partial charge on any atom is 0.475 e. The number of phosphoric acid groups is 1. The van der Waals surface area contributed by atoms with E-state index in [1.54, 1.807) is 0 Å². The van der Waals surface area contributed by atoms with Crippen LogP contribution in [-0.2, 0) is 28.2 Å². The molecule has 0 amide bonds. The molecule has 0 fully saturated rings. The summed E-state index contributed by atoms with van der Waals surface area (Å²) in [4.78, 5) is 41.7. The largest absolute Gasteiger partial charge is 0.475 e. The van der Waals surface area contributed by atoms with Crippen molar-refractivity contribution in [3.8, 4) is 0 Å². The summed E-state index contributed by atoms with van der Waals surface area (Å²) < 4.78 is 25.6. The van der Waals surface area contributed by atoms with Gasteiger partial charge in [0.05, 0.1) is 6.42 Å². The lowest BCUT2D eigenvalue weighted by molar-refractivity contribution is -0.314. The van der Waals surface area contributed by atoms with Crippen molar-refractivity contribution in [3.63, 3.8) is 0 Å². The van der Waals surface area contributed by atoms with Crippen LogP contribution in [0.1, 0.15) is 46.5 Å². The summed E-state index contributed by atoms with van der Waals surface area (Å²) in [5, 5.41) is 0. The molecular weight excluding hydrogens is 327 g/mol. The number of ether oxygens (including phenoxy) is 2. The standard InChI is InChI=1S/C14H23O8P/c1-6-7-8-9-14(22-23(17,18)19,20-12(15)10(2)3)21-13(16)11(4)5/h2,4,6-9H2,1,3,5H3,(H2,17,18,19). The molecule has 0 saturated heterocycles. The van der Waals surface area contributed by atoms with Crippen molar-refractivity contribution in [2.45, 2.75) is 52.4 Å². The van der Waals surface area contributed by atoms with Gasteiger partial charge in [0, 0.05) is 11.1 Å². The van der Waals surface area contributed by atoms with Gasteiger partial charge in [-0.1, -0.05) is 32.9 Å². The van der Waals surface area contributed by atoms with Crippen LogP contribution in [0, 0.1) is 0 Å². The van der Waals surface area contributed by atoms with Crippen molar-refractivity contribution in [3.05, 3.63) is 24.3 Å². The van der Waals surface area contributed by atoms with Crippen molar-refractivity contribution >= 4 is 19.8 Å². The fraction of sp³-hybridized carbons (Fsp3) is 0.571. The number of unbranched alkanes of at least 4 members (excludes halogenated alkanes) is 2. The second-order valence-electron chi connectivity index (χ2n) is 5.06. The van der Waals surface area contributed by atoms with Gasteiger partial charge in [0.15, 0.2) is 0 Å². The summed E-state index contributed by atoms with van der Waals surface area (Å²) in [5.74, 6) is -4.56. The van der Waals surface area contributed by atoms with Crippen molar-refractivity contribution in [2.24, 2.45) is 0 Å². The molecule has 0 unspecified atom stereocenters. The van der Waals surface area contributed by atoms with Gasteiger partial charge in [-0.3, -0.25) is 0 Å². The van der Waals surface area contributed by atoms with Crippen molar-refractivity contribution in [1.82, 2.24) is 0 Å². The first-order chi connectivity index (χ1) is 10.4. The normalized spacial score (nSPS) is 11.7. The van der Waals surface area contributed by atoms with E-state index >= 15 is 0 Å². The zero-order chi connectivity index (χ0) is 18.3. The van der Waals surface area contributed by atoms with E-state index in [9.17, 15) is 14.2 Å². The van der Waals surface area contributed by atoms with Crippen LogP contribution in [0.25, 0.3) is 0 Å². The van der Waals surface area contributed by atoms with Crippen LogP contribution in [0.3, 0.4) is 0 Å². The molecule has 0 aromatic heterocycles. The van der Waals surface area contributed by atoms with Gasteiger partial charge < -0.3 is 19.3 Å². The lowest BCUT2D eigenvalue weighted by Gasteiger charge is -2.31. The monoisotopic (exact) mass is 350 g/mol. The molecule has 0 aliphatic heterocycles. The second kappa shape index (κ2) is 8.98. The molecule has 0 spiro atoms. The van der Waals surface area contributed by atoms with Gasteiger partial charge in [0.25, 0.3) is 0 Å². The van der Waals surface area contributed by atoms with Gasteiger partial charge in [-0.15, -0.1) is 0 Å². The van der Waals surface area contributed by atoms with E-state index in [4.69, 9.17) is 19.3 Å². The molecule has 0 rings (SSSR count). The van der Waals surface area contributed by atoms with Crippen molar-refractivity contribution in [1.29, 1.82) is 0 Å². The fourth-order valence-electron chi connectivity index (χ4n) is 1.44. The van der Waals surface area contributed by atoms with E-state index in [1.165, 1.54) is 13.8 Å². The van der Waals surface area contributed by atoms with Crippen molar-refractivity contribution in [2.75, 3.05) is 0 Å². The number of carbonyl (C=O) groups is 2. The number of hydrogen-bond donors (Lipinski definition) is 2. The lowest BCUT2D eigenvalue weighted by atomic mass is 10.2. The van der Waals surface area contributed by atoms with E-state index in [1.807, 2.05) is 6.92 Å². The molecule has 0 aliphatic carbocycles. The van der Waals surface area contributed by atoms with E-state index in [0.29, 0.717) is 12.8 Å². The Morgan fingerprint density at radius 2 is 1.48 bits per heavy atom. The molecule has 132 valence electrons. The zero-order valence-corrected chi connectivity index (χ0v) is 14.4. The Hall–Kier alpha value is -1.47. The minimum absolute atomic E-state index is 0.0504.